The van der Waals surface area contributed by atoms with E-state index in [0.717, 1.165) is 5.56 Å². The van der Waals surface area contributed by atoms with E-state index in [1.807, 2.05) is 30.3 Å². The highest BCUT2D eigenvalue weighted by Crippen LogP contribution is 2.26. The Morgan fingerprint density at radius 2 is 1.42 bits per heavy atom. The molecule has 0 aromatic heterocycles. The number of ether oxygens (including phenoxy) is 3. The van der Waals surface area contributed by atoms with Crippen LogP contribution in [0.15, 0.2) is 48.5 Å². The summed E-state index contributed by atoms with van der Waals surface area (Å²) in [5.74, 6) is -2.10. The molecule has 6 N–H and O–H groups in total. The van der Waals surface area contributed by atoms with E-state index < -0.39 is 59.2 Å². The molecular formula is C43H66N6O10. The highest BCUT2D eigenvalue weighted by molar-refractivity contribution is 5.92. The minimum Gasteiger partial charge on any atom is -0.506 e. The number of likely N-dealkylation sites (N-methyl/N-ethyl adjacent to an activating group) is 1. The number of phenols is 1. The van der Waals surface area contributed by atoms with Crippen molar-refractivity contribution in [2.24, 2.45) is 5.92 Å². The lowest BCUT2D eigenvalue weighted by atomic mass is 9.95. The van der Waals surface area contributed by atoms with Gasteiger partial charge in [-0.05, 0) is 117 Å². The first-order valence-corrected chi connectivity index (χ1v) is 20.1. The number of phenolic OH excluding ortho intramolecular Hbond substituents is 1. The maximum Gasteiger partial charge on any atom is 0.408 e. The van der Waals surface area contributed by atoms with Crippen LogP contribution in [0.5, 0.6) is 5.75 Å². The molecule has 0 fully saturated rings. The molecule has 3 atom stereocenters. The fraction of sp³-hybridized carbons (Fsp3) is 0.581. The molecule has 2 rings (SSSR count). The molecule has 16 nitrogen and oxygen atoms in total. The number of unbranched alkanes of at least 4 members (excludes halogenated alkanes) is 1. The van der Waals surface area contributed by atoms with E-state index in [9.17, 15) is 33.9 Å². The van der Waals surface area contributed by atoms with Gasteiger partial charge in [-0.1, -0.05) is 43.3 Å². The number of amides is 5. The lowest BCUT2D eigenvalue weighted by Crippen LogP contribution is -2.47. The second kappa shape index (κ2) is 24.5. The molecule has 59 heavy (non-hydrogen) atoms. The Labute approximate surface area is 348 Å². The standard InChI is InChI=1S/C43H66N6O10/c1-29(39(54)58-42(2,3)4)24-32(46-41(56)59-43(5,6)7)25-31-20-21-35(50)34(26-31)47-36(51)19-15-23-45-38(53)33(18-13-14-22-44-37(52)27-49(8)9)48-40(55)57-28-30-16-11-10-12-17-30/h10-12,16-17,20-21,26,29,32-33,50H,13-15,18-19,22-25,27-28H2,1-9H3,(H,44,52)(H,45,53)(H,46,56)(H,47,51)(H,48,55)/t29?,32-,33+/m1/s1. The van der Waals surface area contributed by atoms with Gasteiger partial charge in [0, 0.05) is 25.6 Å². The molecule has 2 aromatic rings. The first-order chi connectivity index (χ1) is 27.6. The number of alkyl carbamates (subject to hydrolysis) is 2. The molecule has 0 saturated heterocycles. The summed E-state index contributed by atoms with van der Waals surface area (Å²) in [6.45, 7) is 13.1. The van der Waals surface area contributed by atoms with Gasteiger partial charge in [0.25, 0.3) is 0 Å². The third kappa shape index (κ3) is 22.4. The predicted octanol–water partition coefficient (Wildman–Crippen LogP) is 5.17. The Kier molecular flexibility index (Phi) is 20.7. The number of esters is 1. The van der Waals surface area contributed by atoms with Crippen LogP contribution in [0.25, 0.3) is 0 Å². The average molecular weight is 827 g/mol. The van der Waals surface area contributed by atoms with E-state index in [1.165, 1.54) is 6.07 Å². The van der Waals surface area contributed by atoms with Crippen molar-refractivity contribution >= 4 is 41.6 Å². The molecular weight excluding hydrogens is 761 g/mol. The van der Waals surface area contributed by atoms with E-state index in [2.05, 4.69) is 26.6 Å². The van der Waals surface area contributed by atoms with Crippen molar-refractivity contribution in [3.05, 3.63) is 59.7 Å². The number of nitrogens with zero attached hydrogens (tertiary/aromatic N) is 1. The minimum atomic E-state index is -0.912. The molecule has 1 unspecified atom stereocenters. The second-order valence-corrected chi connectivity index (χ2v) is 16.9. The molecule has 2 aromatic carbocycles. The topological polar surface area (TPSA) is 214 Å². The fourth-order valence-electron chi connectivity index (χ4n) is 5.70. The van der Waals surface area contributed by atoms with Gasteiger partial charge in [-0.2, -0.15) is 0 Å². The number of benzene rings is 2. The fourth-order valence-corrected chi connectivity index (χ4v) is 5.70. The van der Waals surface area contributed by atoms with Crippen LogP contribution < -0.4 is 26.6 Å². The van der Waals surface area contributed by atoms with Crippen LogP contribution in [0.4, 0.5) is 15.3 Å². The second-order valence-electron chi connectivity index (χ2n) is 16.9. The summed E-state index contributed by atoms with van der Waals surface area (Å²) >= 11 is 0. The zero-order valence-corrected chi connectivity index (χ0v) is 36.2. The molecule has 0 aliphatic heterocycles. The van der Waals surface area contributed by atoms with Gasteiger partial charge < -0.3 is 50.8 Å². The molecule has 0 spiro atoms. The largest absolute Gasteiger partial charge is 0.506 e. The highest BCUT2D eigenvalue weighted by Gasteiger charge is 2.27. The molecule has 0 aliphatic rings. The Morgan fingerprint density at radius 1 is 0.763 bits per heavy atom. The van der Waals surface area contributed by atoms with Crippen molar-refractivity contribution in [2.45, 2.75) is 123 Å². The molecule has 0 bridgehead atoms. The summed E-state index contributed by atoms with van der Waals surface area (Å²) in [5, 5.41) is 24.4. The van der Waals surface area contributed by atoms with Crippen molar-refractivity contribution in [2.75, 3.05) is 39.0 Å². The number of hydrogen-bond donors (Lipinski definition) is 6. The third-order valence-electron chi connectivity index (χ3n) is 8.39. The van der Waals surface area contributed by atoms with Crippen LogP contribution in [0.2, 0.25) is 0 Å². The van der Waals surface area contributed by atoms with E-state index >= 15 is 0 Å². The van der Waals surface area contributed by atoms with Gasteiger partial charge in [-0.15, -0.1) is 0 Å². The number of anilines is 1. The van der Waals surface area contributed by atoms with Gasteiger partial charge in [0.1, 0.15) is 29.6 Å². The van der Waals surface area contributed by atoms with Crippen molar-refractivity contribution in [3.8, 4) is 5.75 Å². The normalized spacial score (nSPS) is 13.0. The molecule has 0 aliphatic carbocycles. The summed E-state index contributed by atoms with van der Waals surface area (Å²) in [6, 6.07) is 12.4. The van der Waals surface area contributed by atoms with Gasteiger partial charge in [0.05, 0.1) is 18.2 Å². The number of nitrogens with one attached hydrogen (secondary N) is 5. The number of aromatic hydroxyl groups is 1. The van der Waals surface area contributed by atoms with Crippen molar-refractivity contribution in [1.29, 1.82) is 0 Å². The molecule has 0 saturated carbocycles. The predicted molar refractivity (Wildman–Crippen MR) is 224 cm³/mol. The average Bonchev–Trinajstić information content (AvgIpc) is 3.11. The smallest absolute Gasteiger partial charge is 0.408 e. The minimum absolute atomic E-state index is 0.00400. The summed E-state index contributed by atoms with van der Waals surface area (Å²) in [6.07, 6.45) is 0.762. The quantitative estimate of drug-likeness (QED) is 0.0394. The Bertz CT molecular complexity index is 1670. The third-order valence-corrected chi connectivity index (χ3v) is 8.39. The number of rotatable bonds is 22. The Balaban J connectivity index is 1.99. The summed E-state index contributed by atoms with van der Waals surface area (Å²) < 4.78 is 16.3. The van der Waals surface area contributed by atoms with Crippen LogP contribution in [-0.2, 0) is 46.4 Å². The maximum atomic E-state index is 13.2. The Hall–Kier alpha value is -5.38. The first-order valence-electron chi connectivity index (χ1n) is 20.1. The van der Waals surface area contributed by atoms with Crippen LogP contribution in [0.1, 0.15) is 98.1 Å². The molecule has 16 heteroatoms. The van der Waals surface area contributed by atoms with E-state index in [0.29, 0.717) is 31.4 Å². The monoisotopic (exact) mass is 826 g/mol. The van der Waals surface area contributed by atoms with Crippen molar-refractivity contribution in [3.63, 3.8) is 0 Å². The van der Waals surface area contributed by atoms with Gasteiger partial charge >= 0.3 is 18.2 Å². The Morgan fingerprint density at radius 3 is 2.07 bits per heavy atom. The molecule has 0 radical (unpaired) electrons. The molecule has 0 heterocycles. The summed E-state index contributed by atoms with van der Waals surface area (Å²) in [5.41, 5.74) is 0.191. The first kappa shape index (κ1) is 49.8. The van der Waals surface area contributed by atoms with Gasteiger partial charge in [0.15, 0.2) is 0 Å². The van der Waals surface area contributed by atoms with E-state index in [4.69, 9.17) is 14.2 Å². The lowest BCUT2D eigenvalue weighted by molar-refractivity contribution is -0.159. The van der Waals surface area contributed by atoms with Gasteiger partial charge in [0.2, 0.25) is 17.7 Å². The zero-order chi connectivity index (χ0) is 44.2. The number of carbonyl (C=O) groups is 6. The van der Waals surface area contributed by atoms with E-state index in [-0.39, 0.29) is 62.7 Å². The van der Waals surface area contributed by atoms with Crippen molar-refractivity contribution < 1.29 is 48.1 Å². The lowest BCUT2D eigenvalue weighted by Gasteiger charge is -2.27. The van der Waals surface area contributed by atoms with Crippen molar-refractivity contribution in [1.82, 2.24) is 26.2 Å². The van der Waals surface area contributed by atoms with Gasteiger partial charge in [-0.3, -0.25) is 19.2 Å². The number of carbonyl (C=O) groups excluding carboxylic acids is 6. The highest BCUT2D eigenvalue weighted by atomic mass is 16.6. The summed E-state index contributed by atoms with van der Waals surface area (Å²) in [4.78, 5) is 78.0. The summed E-state index contributed by atoms with van der Waals surface area (Å²) in [7, 11) is 3.60. The van der Waals surface area contributed by atoms with E-state index in [1.54, 1.807) is 79.6 Å². The molecule has 328 valence electrons. The van der Waals surface area contributed by atoms with Crippen LogP contribution in [0, 0.1) is 5.92 Å². The SMILES string of the molecule is CC(C[C@H](Cc1ccc(O)c(NC(=O)CCCNC(=O)[C@H](CCCCNC(=O)CN(C)C)NC(=O)OCc2ccccc2)c1)NC(=O)OC(C)(C)C)C(=O)OC(C)(C)C. The van der Waals surface area contributed by atoms with Crippen LogP contribution in [0.3, 0.4) is 0 Å². The molecule has 5 amide bonds. The number of hydrogen-bond acceptors (Lipinski definition) is 11. The zero-order valence-electron chi connectivity index (χ0n) is 36.2. The van der Waals surface area contributed by atoms with Gasteiger partial charge in [-0.25, -0.2) is 9.59 Å². The van der Waals surface area contributed by atoms with Crippen LogP contribution in [-0.4, -0.2) is 103 Å². The maximum absolute atomic E-state index is 13.2. The van der Waals surface area contributed by atoms with Crippen LogP contribution >= 0.6 is 0 Å².